The van der Waals surface area contributed by atoms with E-state index in [0.717, 1.165) is 32.7 Å². The molecule has 0 amide bonds. The summed E-state index contributed by atoms with van der Waals surface area (Å²) in [4.78, 5) is 11.9. The normalized spacial score (nSPS) is 16.6. The van der Waals surface area contributed by atoms with Gasteiger partial charge in [-0.1, -0.05) is 19.1 Å². The predicted molar refractivity (Wildman–Crippen MR) is 108 cm³/mol. The standard InChI is InChI=1S/C21H24F3N5/c1-2-28-7-9-29(10-8-28)13-15-4-3-14(11-17(15)21(22,23)24)20-26-18-6-5-16(25)12-19(18)27-20/h3-6,11-12H,2,7-10,13,25H2,1H3,(H,26,27). The molecular weight excluding hydrogens is 379 g/mol. The van der Waals surface area contributed by atoms with Crippen molar-refractivity contribution in [3.05, 3.63) is 47.5 Å². The Balaban J connectivity index is 1.63. The lowest BCUT2D eigenvalue weighted by Gasteiger charge is -2.34. The third-order valence-electron chi connectivity index (χ3n) is 5.50. The molecule has 3 aromatic rings. The number of nitrogens with zero attached hydrogens (tertiary/aromatic N) is 3. The van der Waals surface area contributed by atoms with Crippen molar-refractivity contribution in [1.29, 1.82) is 0 Å². The third-order valence-corrected chi connectivity index (χ3v) is 5.50. The molecular formula is C21H24F3N5. The molecule has 2 aromatic carbocycles. The van der Waals surface area contributed by atoms with Gasteiger partial charge in [0.05, 0.1) is 16.6 Å². The number of hydrogen-bond acceptors (Lipinski definition) is 4. The van der Waals surface area contributed by atoms with Crippen LogP contribution in [0.5, 0.6) is 0 Å². The van der Waals surface area contributed by atoms with E-state index in [0.29, 0.717) is 40.2 Å². The van der Waals surface area contributed by atoms with Crippen LogP contribution in [0.15, 0.2) is 36.4 Å². The van der Waals surface area contributed by atoms with E-state index in [1.807, 2.05) is 0 Å². The van der Waals surface area contributed by atoms with Crippen molar-refractivity contribution in [3.63, 3.8) is 0 Å². The van der Waals surface area contributed by atoms with E-state index < -0.39 is 11.7 Å². The molecule has 1 aliphatic rings. The topological polar surface area (TPSA) is 61.2 Å². The van der Waals surface area contributed by atoms with Crippen molar-refractivity contribution in [3.8, 4) is 11.4 Å². The summed E-state index contributed by atoms with van der Waals surface area (Å²) in [7, 11) is 0. The second kappa shape index (κ2) is 7.68. The van der Waals surface area contributed by atoms with Crippen LogP contribution in [0.3, 0.4) is 0 Å². The lowest BCUT2D eigenvalue weighted by atomic mass is 10.0. The second-order valence-electron chi connectivity index (χ2n) is 7.44. The number of nitrogens with one attached hydrogen (secondary N) is 1. The zero-order chi connectivity index (χ0) is 20.6. The number of anilines is 1. The highest BCUT2D eigenvalue weighted by molar-refractivity contribution is 5.82. The Morgan fingerprint density at radius 3 is 2.45 bits per heavy atom. The molecule has 0 unspecified atom stereocenters. The van der Waals surface area contributed by atoms with Crippen molar-refractivity contribution >= 4 is 16.7 Å². The number of benzene rings is 2. The van der Waals surface area contributed by atoms with Gasteiger partial charge in [0.25, 0.3) is 0 Å². The highest BCUT2D eigenvalue weighted by atomic mass is 19.4. The fourth-order valence-electron chi connectivity index (χ4n) is 3.79. The average Bonchev–Trinajstić information content (AvgIpc) is 3.11. The number of nitrogen functional groups attached to an aromatic ring is 1. The minimum absolute atomic E-state index is 0.295. The number of piperazine rings is 1. The van der Waals surface area contributed by atoms with Gasteiger partial charge in [0.1, 0.15) is 5.82 Å². The van der Waals surface area contributed by atoms with Gasteiger partial charge in [-0.25, -0.2) is 4.98 Å². The molecule has 1 saturated heterocycles. The van der Waals surface area contributed by atoms with Crippen LogP contribution < -0.4 is 5.73 Å². The van der Waals surface area contributed by atoms with Crippen LogP contribution in [0.1, 0.15) is 18.1 Å². The lowest BCUT2D eigenvalue weighted by molar-refractivity contribution is -0.138. The van der Waals surface area contributed by atoms with Crippen LogP contribution >= 0.6 is 0 Å². The van der Waals surface area contributed by atoms with Crippen LogP contribution in [0.2, 0.25) is 0 Å². The number of hydrogen-bond donors (Lipinski definition) is 2. The molecule has 0 atom stereocenters. The lowest BCUT2D eigenvalue weighted by Crippen LogP contribution is -2.45. The molecule has 2 heterocycles. The van der Waals surface area contributed by atoms with E-state index in [1.165, 1.54) is 6.07 Å². The summed E-state index contributed by atoms with van der Waals surface area (Å²) < 4.78 is 41.4. The molecule has 5 nitrogen and oxygen atoms in total. The SMILES string of the molecule is CCN1CCN(Cc2ccc(-c3nc4ccc(N)cc4[nH]3)cc2C(F)(F)F)CC1. The Morgan fingerprint density at radius 2 is 1.76 bits per heavy atom. The van der Waals surface area contributed by atoms with E-state index >= 15 is 0 Å². The quantitative estimate of drug-likeness (QED) is 0.647. The highest BCUT2D eigenvalue weighted by Gasteiger charge is 2.34. The Morgan fingerprint density at radius 1 is 1.03 bits per heavy atom. The monoisotopic (exact) mass is 403 g/mol. The molecule has 0 spiro atoms. The smallest absolute Gasteiger partial charge is 0.399 e. The van der Waals surface area contributed by atoms with Crippen LogP contribution in [0.4, 0.5) is 18.9 Å². The first-order valence-electron chi connectivity index (χ1n) is 9.74. The van der Waals surface area contributed by atoms with Gasteiger partial charge in [-0.2, -0.15) is 13.2 Å². The number of imidazole rings is 1. The largest absolute Gasteiger partial charge is 0.416 e. The molecule has 0 radical (unpaired) electrons. The van der Waals surface area contributed by atoms with E-state index in [2.05, 4.69) is 26.7 Å². The number of halogens is 3. The maximum absolute atomic E-state index is 13.8. The zero-order valence-electron chi connectivity index (χ0n) is 16.3. The van der Waals surface area contributed by atoms with Gasteiger partial charge >= 0.3 is 6.18 Å². The predicted octanol–water partition coefficient (Wildman–Crippen LogP) is 3.97. The first-order valence-corrected chi connectivity index (χ1v) is 9.74. The number of fused-ring (bicyclic) bond motifs is 1. The summed E-state index contributed by atoms with van der Waals surface area (Å²) >= 11 is 0. The number of likely N-dealkylation sites (N-methyl/N-ethyl adjacent to an activating group) is 1. The van der Waals surface area contributed by atoms with Gasteiger partial charge in [0.2, 0.25) is 0 Å². The van der Waals surface area contributed by atoms with Gasteiger partial charge in [-0.3, -0.25) is 4.90 Å². The molecule has 3 N–H and O–H groups in total. The number of H-pyrrole nitrogens is 1. The van der Waals surface area contributed by atoms with Gasteiger partial charge in [0, 0.05) is 44.0 Å². The first-order chi connectivity index (χ1) is 13.8. The minimum atomic E-state index is -4.42. The average molecular weight is 403 g/mol. The molecule has 0 saturated carbocycles. The van der Waals surface area contributed by atoms with Gasteiger partial charge in [0.15, 0.2) is 0 Å². The summed E-state index contributed by atoms with van der Waals surface area (Å²) in [5.41, 5.74) is 7.82. The number of aromatic amines is 1. The molecule has 0 bridgehead atoms. The fraction of sp³-hybridized carbons (Fsp3) is 0.381. The van der Waals surface area contributed by atoms with Gasteiger partial charge < -0.3 is 15.6 Å². The van der Waals surface area contributed by atoms with E-state index in [4.69, 9.17) is 5.73 Å². The third kappa shape index (κ3) is 4.23. The minimum Gasteiger partial charge on any atom is -0.399 e. The highest BCUT2D eigenvalue weighted by Crippen LogP contribution is 2.35. The van der Waals surface area contributed by atoms with Crippen molar-refractivity contribution in [2.45, 2.75) is 19.6 Å². The Bertz CT molecular complexity index is 1000. The molecule has 8 heteroatoms. The molecule has 154 valence electrons. The van der Waals surface area contributed by atoms with E-state index in [1.54, 1.807) is 30.3 Å². The summed E-state index contributed by atoms with van der Waals surface area (Å²) in [6.07, 6.45) is -4.42. The van der Waals surface area contributed by atoms with E-state index in [-0.39, 0.29) is 0 Å². The van der Waals surface area contributed by atoms with Crippen molar-refractivity contribution in [2.75, 3.05) is 38.5 Å². The number of rotatable bonds is 4. The summed E-state index contributed by atoms with van der Waals surface area (Å²) in [6.45, 7) is 6.69. The summed E-state index contributed by atoms with van der Waals surface area (Å²) in [6, 6.07) is 9.66. The molecule has 0 aliphatic carbocycles. The van der Waals surface area contributed by atoms with Crippen LogP contribution in [0.25, 0.3) is 22.4 Å². The van der Waals surface area contributed by atoms with E-state index in [9.17, 15) is 13.2 Å². The molecule has 1 fully saturated rings. The maximum Gasteiger partial charge on any atom is 0.416 e. The first kappa shape index (κ1) is 19.7. The van der Waals surface area contributed by atoms with Crippen molar-refractivity contribution in [1.82, 2.24) is 19.8 Å². The van der Waals surface area contributed by atoms with Crippen molar-refractivity contribution < 1.29 is 13.2 Å². The molecule has 29 heavy (non-hydrogen) atoms. The second-order valence-corrected chi connectivity index (χ2v) is 7.44. The van der Waals surface area contributed by atoms with Crippen molar-refractivity contribution in [2.24, 2.45) is 0 Å². The van der Waals surface area contributed by atoms with Gasteiger partial charge in [-0.05, 0) is 36.4 Å². The van der Waals surface area contributed by atoms with Crippen LogP contribution in [-0.4, -0.2) is 52.5 Å². The molecule has 4 rings (SSSR count). The summed E-state index contributed by atoms with van der Waals surface area (Å²) in [5.74, 6) is 0.402. The number of nitrogens with two attached hydrogens (primary N) is 1. The Kier molecular flexibility index (Phi) is 5.23. The van der Waals surface area contributed by atoms with Gasteiger partial charge in [-0.15, -0.1) is 0 Å². The Hall–Kier alpha value is -2.58. The molecule has 1 aromatic heterocycles. The summed E-state index contributed by atoms with van der Waals surface area (Å²) in [5, 5.41) is 0. The number of alkyl halides is 3. The zero-order valence-corrected chi connectivity index (χ0v) is 16.3. The fourth-order valence-corrected chi connectivity index (χ4v) is 3.79. The number of aromatic nitrogens is 2. The van der Waals surface area contributed by atoms with Crippen LogP contribution in [0, 0.1) is 0 Å². The molecule has 1 aliphatic heterocycles. The Labute approximate surface area is 167 Å². The van der Waals surface area contributed by atoms with Crippen LogP contribution in [-0.2, 0) is 12.7 Å². The maximum atomic E-state index is 13.8.